The molecule has 0 saturated heterocycles. The van der Waals surface area contributed by atoms with Crippen LogP contribution in [0.4, 0.5) is 0 Å². The zero-order valence-corrected chi connectivity index (χ0v) is 11.6. The maximum absolute atomic E-state index is 4.35. The Morgan fingerprint density at radius 3 is 1.82 bits per heavy atom. The van der Waals surface area contributed by atoms with Gasteiger partial charge >= 0.3 is 0 Å². The molecule has 1 spiro atoms. The second kappa shape index (κ2) is 3.08. The summed E-state index contributed by atoms with van der Waals surface area (Å²) in [7, 11) is 3.81. The van der Waals surface area contributed by atoms with Crippen molar-refractivity contribution in [3.05, 3.63) is 0 Å². The molecule has 96 valence electrons. The van der Waals surface area contributed by atoms with Crippen LogP contribution in [0.1, 0.15) is 34.6 Å². The van der Waals surface area contributed by atoms with E-state index in [-0.39, 0.29) is 5.54 Å². The van der Waals surface area contributed by atoms with Crippen molar-refractivity contribution in [1.29, 1.82) is 0 Å². The van der Waals surface area contributed by atoms with E-state index in [4.69, 9.17) is 0 Å². The smallest absolute Gasteiger partial charge is 0.233 e. The standard InChI is InChI=1S/C10H21N7/c1-8(2,3)17-10(16(7)13-14-17)9(4,5)11-12-15(10)6/h1-7H3. The first-order valence-corrected chi connectivity index (χ1v) is 5.76. The van der Waals surface area contributed by atoms with E-state index >= 15 is 0 Å². The summed E-state index contributed by atoms with van der Waals surface area (Å²) in [4.78, 5) is 0. The van der Waals surface area contributed by atoms with Crippen molar-refractivity contribution in [3.8, 4) is 0 Å². The fourth-order valence-corrected chi connectivity index (χ4v) is 2.67. The molecule has 1 atom stereocenters. The fraction of sp³-hybridized carbons (Fsp3) is 1.00. The predicted molar refractivity (Wildman–Crippen MR) is 63.6 cm³/mol. The summed E-state index contributed by atoms with van der Waals surface area (Å²) in [6.45, 7) is 10.4. The van der Waals surface area contributed by atoms with Crippen LogP contribution < -0.4 is 0 Å². The molecule has 0 aromatic rings. The van der Waals surface area contributed by atoms with Crippen molar-refractivity contribution in [2.24, 2.45) is 20.8 Å². The van der Waals surface area contributed by atoms with Gasteiger partial charge in [-0.3, -0.25) is 0 Å². The second-order valence-corrected chi connectivity index (χ2v) is 6.09. The lowest BCUT2D eigenvalue weighted by Gasteiger charge is -2.50. The Morgan fingerprint density at radius 1 is 0.882 bits per heavy atom. The molecule has 2 rings (SSSR count). The van der Waals surface area contributed by atoms with E-state index in [0.717, 1.165) is 0 Å². The lowest BCUT2D eigenvalue weighted by atomic mass is 9.91. The van der Waals surface area contributed by atoms with Crippen LogP contribution in [0.2, 0.25) is 0 Å². The third-order valence-electron chi connectivity index (χ3n) is 3.35. The average Bonchev–Trinajstić information content (AvgIpc) is 2.62. The first kappa shape index (κ1) is 12.1. The van der Waals surface area contributed by atoms with Gasteiger partial charge in [0.1, 0.15) is 5.54 Å². The fourth-order valence-electron chi connectivity index (χ4n) is 2.67. The van der Waals surface area contributed by atoms with Crippen LogP contribution >= 0.6 is 0 Å². The molecule has 17 heavy (non-hydrogen) atoms. The lowest BCUT2D eigenvalue weighted by Crippen LogP contribution is -2.71. The van der Waals surface area contributed by atoms with E-state index in [0.29, 0.717) is 0 Å². The highest BCUT2D eigenvalue weighted by molar-refractivity contribution is 5.08. The van der Waals surface area contributed by atoms with Gasteiger partial charge in [0.15, 0.2) is 0 Å². The molecule has 0 aliphatic carbocycles. The molecule has 2 heterocycles. The lowest BCUT2D eigenvalue weighted by molar-refractivity contribution is -0.165. The summed E-state index contributed by atoms with van der Waals surface area (Å²) in [6, 6.07) is 0. The maximum atomic E-state index is 4.35. The molecule has 1 unspecified atom stereocenters. The summed E-state index contributed by atoms with van der Waals surface area (Å²) >= 11 is 0. The molecule has 7 heteroatoms. The number of hydrogen-bond acceptors (Lipinski definition) is 7. The first-order valence-electron chi connectivity index (χ1n) is 5.76. The average molecular weight is 239 g/mol. The number of hydrogen-bond donors (Lipinski definition) is 0. The van der Waals surface area contributed by atoms with Crippen molar-refractivity contribution >= 4 is 0 Å². The summed E-state index contributed by atoms with van der Waals surface area (Å²) in [5.41, 5.74) is -0.567. The highest BCUT2D eigenvalue weighted by Crippen LogP contribution is 2.48. The normalized spacial score (nSPS) is 31.1. The van der Waals surface area contributed by atoms with E-state index < -0.39 is 11.3 Å². The van der Waals surface area contributed by atoms with Crippen LogP contribution in [0.3, 0.4) is 0 Å². The van der Waals surface area contributed by atoms with Gasteiger partial charge in [-0.1, -0.05) is 5.22 Å². The maximum Gasteiger partial charge on any atom is 0.268 e. The minimum atomic E-state index is -0.564. The van der Waals surface area contributed by atoms with Gasteiger partial charge in [-0.15, -0.1) is 0 Å². The Balaban J connectivity index is 2.55. The summed E-state index contributed by atoms with van der Waals surface area (Å²) in [5, 5.41) is 22.7. The molecule has 0 bridgehead atoms. The van der Waals surface area contributed by atoms with Crippen molar-refractivity contribution in [2.75, 3.05) is 14.1 Å². The molecule has 0 fully saturated rings. The molecule has 0 saturated carbocycles. The van der Waals surface area contributed by atoms with E-state index in [9.17, 15) is 0 Å². The van der Waals surface area contributed by atoms with Gasteiger partial charge in [0.2, 0.25) is 0 Å². The second-order valence-electron chi connectivity index (χ2n) is 6.09. The minimum absolute atomic E-state index is 0.158. The quantitative estimate of drug-likeness (QED) is 0.650. The van der Waals surface area contributed by atoms with Gasteiger partial charge < -0.3 is 0 Å². The van der Waals surface area contributed by atoms with E-state index in [1.807, 2.05) is 43.0 Å². The monoisotopic (exact) mass is 239 g/mol. The Labute approximate surface area is 102 Å². The van der Waals surface area contributed by atoms with E-state index in [2.05, 4.69) is 41.6 Å². The molecule has 0 aromatic carbocycles. The highest BCUT2D eigenvalue weighted by Gasteiger charge is 2.65. The van der Waals surface area contributed by atoms with Gasteiger partial charge in [-0.05, 0) is 45.1 Å². The van der Waals surface area contributed by atoms with Crippen molar-refractivity contribution in [2.45, 2.75) is 51.5 Å². The summed E-state index contributed by atoms with van der Waals surface area (Å²) in [6.07, 6.45) is 0. The van der Waals surface area contributed by atoms with Crippen LogP contribution in [-0.2, 0) is 0 Å². The molecule has 0 aromatic heterocycles. The Morgan fingerprint density at radius 2 is 1.41 bits per heavy atom. The number of likely N-dealkylation sites (N-methyl/N-ethyl adjacent to an activating group) is 2. The molecule has 7 nitrogen and oxygen atoms in total. The van der Waals surface area contributed by atoms with Gasteiger partial charge in [0.05, 0.1) is 5.54 Å². The van der Waals surface area contributed by atoms with E-state index in [1.165, 1.54) is 0 Å². The predicted octanol–water partition coefficient (Wildman–Crippen LogP) is 2.06. The third-order valence-corrected chi connectivity index (χ3v) is 3.35. The van der Waals surface area contributed by atoms with E-state index in [1.54, 1.807) is 0 Å². The van der Waals surface area contributed by atoms with Crippen LogP contribution in [0.25, 0.3) is 0 Å². The molecule has 0 N–H and O–H groups in total. The topological polar surface area (TPSA) is 59.2 Å². The minimum Gasteiger partial charge on any atom is -0.233 e. The van der Waals surface area contributed by atoms with Crippen molar-refractivity contribution < 1.29 is 0 Å². The van der Waals surface area contributed by atoms with Crippen LogP contribution in [0.15, 0.2) is 20.8 Å². The van der Waals surface area contributed by atoms with Gasteiger partial charge in [-0.2, -0.15) is 5.11 Å². The zero-order chi connectivity index (χ0) is 13.1. The summed E-state index contributed by atoms with van der Waals surface area (Å²) < 4.78 is 0. The largest absolute Gasteiger partial charge is 0.268 e. The third kappa shape index (κ3) is 1.28. The van der Waals surface area contributed by atoms with Crippen molar-refractivity contribution in [1.82, 2.24) is 15.0 Å². The zero-order valence-electron chi connectivity index (χ0n) is 11.6. The highest BCUT2D eigenvalue weighted by atomic mass is 15.9. The van der Waals surface area contributed by atoms with Gasteiger partial charge in [0, 0.05) is 14.1 Å². The Kier molecular flexibility index (Phi) is 2.19. The molecule has 0 amide bonds. The number of nitrogens with zero attached hydrogens (tertiary/aromatic N) is 7. The summed E-state index contributed by atoms with van der Waals surface area (Å²) in [5.74, 6) is -0.564. The van der Waals surface area contributed by atoms with Crippen LogP contribution in [0, 0.1) is 0 Å². The van der Waals surface area contributed by atoms with Crippen LogP contribution in [0.5, 0.6) is 0 Å². The van der Waals surface area contributed by atoms with Crippen molar-refractivity contribution in [3.63, 3.8) is 0 Å². The van der Waals surface area contributed by atoms with Crippen LogP contribution in [-0.4, -0.2) is 46.0 Å². The van der Waals surface area contributed by atoms with Gasteiger partial charge in [-0.25, -0.2) is 15.0 Å². The molecule has 2 aliphatic heterocycles. The first-order chi connectivity index (χ1) is 7.64. The Bertz CT molecular complexity index is 375. The molecule has 2 aliphatic rings. The Hall–Kier alpha value is -1.40. The van der Waals surface area contributed by atoms with Gasteiger partial charge in [0.25, 0.3) is 5.79 Å². The SMILES string of the molecule is CN1N=NN(C(C)(C)C)C12N(C)N=NC2(C)C. The number of rotatable bonds is 0. The molecular weight excluding hydrogens is 218 g/mol. The molecular formula is C10H21N7. The molecule has 0 radical (unpaired) electrons.